The molecule has 0 saturated heterocycles. The van der Waals surface area contributed by atoms with Crippen LogP contribution < -0.4 is 25.4 Å². The van der Waals surface area contributed by atoms with Crippen molar-refractivity contribution in [2.75, 3.05) is 24.0 Å². The molecule has 0 aromatic heterocycles. The lowest BCUT2D eigenvalue weighted by atomic mass is 10.1. The quantitative estimate of drug-likeness (QED) is 0.532. The topological polar surface area (TPSA) is 76.8 Å². The van der Waals surface area contributed by atoms with Crippen LogP contribution in [0.15, 0.2) is 66.7 Å². The van der Waals surface area contributed by atoms with E-state index in [9.17, 15) is 4.79 Å². The summed E-state index contributed by atoms with van der Waals surface area (Å²) in [5.74, 6) is 1.93. The number of hydrogen-bond donors (Lipinski definition) is 2. The van der Waals surface area contributed by atoms with Crippen molar-refractivity contribution in [3.8, 4) is 17.2 Å². The van der Waals surface area contributed by atoms with Gasteiger partial charge in [-0.2, -0.15) is 0 Å². The summed E-state index contributed by atoms with van der Waals surface area (Å²) in [6, 6.07) is 21.0. The highest BCUT2D eigenvalue weighted by Crippen LogP contribution is 2.35. The molecule has 0 fully saturated rings. The number of benzene rings is 3. The standard InChI is InChI=1S/C24H27N3O3/c1-17-9-12-24(30-20-7-5-4-6-8-20)23(13-17)27(18(2)28)15-19-14-21(29-3)10-11-22(19)26-16-25/h4-14,26H,15-16,25H2,1-3H3. The van der Waals surface area contributed by atoms with Gasteiger partial charge in [0.1, 0.15) is 11.5 Å². The monoisotopic (exact) mass is 405 g/mol. The molecule has 6 heteroatoms. The minimum atomic E-state index is -0.0972. The Morgan fingerprint density at radius 2 is 1.80 bits per heavy atom. The molecule has 0 aliphatic rings. The Hall–Kier alpha value is -3.51. The van der Waals surface area contributed by atoms with Gasteiger partial charge in [-0.3, -0.25) is 4.79 Å². The van der Waals surface area contributed by atoms with Gasteiger partial charge in [0.2, 0.25) is 5.91 Å². The third kappa shape index (κ3) is 5.10. The number of rotatable bonds is 8. The lowest BCUT2D eigenvalue weighted by Gasteiger charge is -2.26. The van der Waals surface area contributed by atoms with Crippen molar-refractivity contribution in [1.29, 1.82) is 0 Å². The number of carbonyl (C=O) groups is 1. The number of carbonyl (C=O) groups excluding carboxylic acids is 1. The molecule has 0 saturated carbocycles. The molecule has 3 N–H and O–H groups in total. The van der Waals surface area contributed by atoms with E-state index in [0.717, 1.165) is 16.8 Å². The van der Waals surface area contributed by atoms with Crippen LogP contribution in [0.5, 0.6) is 17.2 Å². The fourth-order valence-corrected chi connectivity index (χ4v) is 3.19. The fraction of sp³-hybridized carbons (Fsp3) is 0.208. The van der Waals surface area contributed by atoms with Crippen LogP contribution in [0, 0.1) is 6.92 Å². The van der Waals surface area contributed by atoms with Crippen LogP contribution in [0.25, 0.3) is 0 Å². The molecule has 0 radical (unpaired) electrons. The molecule has 0 aliphatic heterocycles. The van der Waals surface area contributed by atoms with E-state index in [4.69, 9.17) is 15.2 Å². The van der Waals surface area contributed by atoms with Crippen molar-refractivity contribution in [2.24, 2.45) is 5.73 Å². The first kappa shape index (κ1) is 21.2. The first-order chi connectivity index (χ1) is 14.5. The SMILES string of the molecule is COc1ccc(NCN)c(CN(C(C)=O)c2cc(C)ccc2Oc2ccccc2)c1. The van der Waals surface area contributed by atoms with Gasteiger partial charge in [0.25, 0.3) is 0 Å². The van der Waals surface area contributed by atoms with Crippen LogP contribution in [-0.4, -0.2) is 19.7 Å². The van der Waals surface area contributed by atoms with Gasteiger partial charge >= 0.3 is 0 Å². The van der Waals surface area contributed by atoms with Crippen molar-refractivity contribution < 1.29 is 14.3 Å². The van der Waals surface area contributed by atoms with Crippen molar-refractivity contribution >= 4 is 17.3 Å². The third-order valence-corrected chi connectivity index (χ3v) is 4.69. The maximum Gasteiger partial charge on any atom is 0.224 e. The smallest absolute Gasteiger partial charge is 0.224 e. The van der Waals surface area contributed by atoms with Crippen LogP contribution in [-0.2, 0) is 11.3 Å². The van der Waals surface area contributed by atoms with Gasteiger partial charge in [0.05, 0.1) is 26.0 Å². The summed E-state index contributed by atoms with van der Waals surface area (Å²) in [6.07, 6.45) is 0. The normalized spacial score (nSPS) is 10.4. The van der Waals surface area contributed by atoms with E-state index >= 15 is 0 Å². The molecule has 0 bridgehead atoms. The maximum absolute atomic E-state index is 12.7. The van der Waals surface area contributed by atoms with Gasteiger partial charge in [-0.05, 0) is 60.5 Å². The van der Waals surface area contributed by atoms with E-state index in [0.29, 0.717) is 29.5 Å². The lowest BCUT2D eigenvalue weighted by molar-refractivity contribution is -0.116. The molecule has 0 aliphatic carbocycles. The average Bonchev–Trinajstić information content (AvgIpc) is 2.75. The van der Waals surface area contributed by atoms with Crippen molar-refractivity contribution in [1.82, 2.24) is 0 Å². The molecule has 0 spiro atoms. The van der Waals surface area contributed by atoms with Crippen LogP contribution in [0.1, 0.15) is 18.1 Å². The Bertz CT molecular complexity index is 1010. The van der Waals surface area contributed by atoms with E-state index in [1.54, 1.807) is 18.9 Å². The van der Waals surface area contributed by atoms with E-state index in [1.165, 1.54) is 0 Å². The van der Waals surface area contributed by atoms with E-state index < -0.39 is 0 Å². The van der Waals surface area contributed by atoms with E-state index in [1.807, 2.05) is 73.7 Å². The molecule has 6 nitrogen and oxygen atoms in total. The third-order valence-electron chi connectivity index (χ3n) is 4.69. The van der Waals surface area contributed by atoms with Crippen LogP contribution in [0.2, 0.25) is 0 Å². The van der Waals surface area contributed by atoms with Crippen LogP contribution >= 0.6 is 0 Å². The number of nitrogens with one attached hydrogen (secondary N) is 1. The molecule has 3 aromatic carbocycles. The Labute approximate surface area is 177 Å². The Kier molecular flexibility index (Phi) is 6.93. The van der Waals surface area contributed by atoms with Gasteiger partial charge in [-0.15, -0.1) is 0 Å². The number of hydrogen-bond acceptors (Lipinski definition) is 5. The zero-order chi connectivity index (χ0) is 21.5. The summed E-state index contributed by atoms with van der Waals surface area (Å²) < 4.78 is 11.5. The summed E-state index contributed by atoms with van der Waals surface area (Å²) in [5.41, 5.74) is 9.16. The van der Waals surface area contributed by atoms with Crippen molar-refractivity contribution in [3.05, 3.63) is 77.9 Å². The maximum atomic E-state index is 12.7. The summed E-state index contributed by atoms with van der Waals surface area (Å²) in [6.45, 7) is 4.15. The molecule has 3 aromatic rings. The molecule has 0 atom stereocenters. The molecular weight excluding hydrogens is 378 g/mol. The van der Waals surface area contributed by atoms with Crippen LogP contribution in [0.3, 0.4) is 0 Å². The summed E-state index contributed by atoms with van der Waals surface area (Å²) in [5, 5.41) is 3.14. The number of para-hydroxylation sites is 1. The number of methoxy groups -OCH3 is 1. The highest BCUT2D eigenvalue weighted by atomic mass is 16.5. The Morgan fingerprint density at radius 3 is 2.47 bits per heavy atom. The van der Waals surface area contributed by atoms with Gasteiger partial charge < -0.3 is 25.4 Å². The van der Waals surface area contributed by atoms with Crippen molar-refractivity contribution in [2.45, 2.75) is 20.4 Å². The number of amides is 1. The second-order valence-corrected chi connectivity index (χ2v) is 6.90. The molecule has 0 unspecified atom stereocenters. The largest absolute Gasteiger partial charge is 0.497 e. The molecule has 156 valence electrons. The van der Waals surface area contributed by atoms with Crippen LogP contribution in [0.4, 0.5) is 11.4 Å². The number of ether oxygens (including phenoxy) is 2. The van der Waals surface area contributed by atoms with Crippen molar-refractivity contribution in [3.63, 3.8) is 0 Å². The molecule has 3 rings (SSSR count). The van der Waals surface area contributed by atoms with E-state index in [2.05, 4.69) is 5.32 Å². The molecule has 1 amide bonds. The number of nitrogens with two attached hydrogens (primary N) is 1. The number of aryl methyl sites for hydroxylation is 1. The first-order valence-electron chi connectivity index (χ1n) is 9.74. The zero-order valence-corrected chi connectivity index (χ0v) is 17.5. The second kappa shape index (κ2) is 9.80. The molecule has 30 heavy (non-hydrogen) atoms. The molecule has 0 heterocycles. The minimum absolute atomic E-state index is 0.0972. The highest BCUT2D eigenvalue weighted by Gasteiger charge is 2.20. The average molecular weight is 405 g/mol. The van der Waals surface area contributed by atoms with E-state index in [-0.39, 0.29) is 12.6 Å². The fourth-order valence-electron chi connectivity index (χ4n) is 3.19. The lowest BCUT2D eigenvalue weighted by Crippen LogP contribution is -2.29. The Balaban J connectivity index is 2.01. The van der Waals surface area contributed by atoms with Gasteiger partial charge in [-0.25, -0.2) is 0 Å². The van der Waals surface area contributed by atoms with Gasteiger partial charge in [0, 0.05) is 12.6 Å². The predicted octanol–water partition coefficient (Wildman–Crippen LogP) is 4.68. The Morgan fingerprint density at radius 1 is 1.03 bits per heavy atom. The highest BCUT2D eigenvalue weighted by molar-refractivity contribution is 5.93. The summed E-state index contributed by atoms with van der Waals surface area (Å²) in [7, 11) is 1.62. The first-order valence-corrected chi connectivity index (χ1v) is 9.74. The van der Waals surface area contributed by atoms with Gasteiger partial charge in [-0.1, -0.05) is 24.3 Å². The minimum Gasteiger partial charge on any atom is -0.497 e. The predicted molar refractivity (Wildman–Crippen MR) is 120 cm³/mol. The number of nitrogens with zero attached hydrogens (tertiary/aromatic N) is 1. The second-order valence-electron chi connectivity index (χ2n) is 6.90. The summed E-state index contributed by atoms with van der Waals surface area (Å²) in [4.78, 5) is 14.4. The summed E-state index contributed by atoms with van der Waals surface area (Å²) >= 11 is 0. The van der Waals surface area contributed by atoms with Gasteiger partial charge in [0.15, 0.2) is 5.75 Å². The number of anilines is 2. The molecular formula is C24H27N3O3. The zero-order valence-electron chi connectivity index (χ0n) is 17.5.